The number of fused-ring (bicyclic) bond motifs is 1. The van der Waals surface area contributed by atoms with Gasteiger partial charge in [0, 0.05) is 30.9 Å². The van der Waals surface area contributed by atoms with Crippen molar-refractivity contribution in [1.29, 1.82) is 0 Å². The van der Waals surface area contributed by atoms with Gasteiger partial charge in [0.05, 0.1) is 18.0 Å². The van der Waals surface area contributed by atoms with E-state index in [1.165, 1.54) is 31.0 Å². The Kier molecular flexibility index (Phi) is 6.69. The van der Waals surface area contributed by atoms with Crippen molar-refractivity contribution in [2.24, 2.45) is 0 Å². The minimum atomic E-state index is -0.0498. The highest BCUT2D eigenvalue weighted by Crippen LogP contribution is 2.34. The Hall–Kier alpha value is -2.38. The third-order valence-electron chi connectivity index (χ3n) is 5.86. The molecule has 1 fully saturated rings. The Bertz CT molecular complexity index is 902. The molecule has 2 amide bonds. The van der Waals surface area contributed by atoms with Gasteiger partial charge in [0.15, 0.2) is 0 Å². The van der Waals surface area contributed by atoms with Crippen molar-refractivity contribution in [1.82, 2.24) is 15.2 Å². The van der Waals surface area contributed by atoms with Crippen molar-refractivity contribution < 1.29 is 9.59 Å². The van der Waals surface area contributed by atoms with Gasteiger partial charge in [0.25, 0.3) is 5.91 Å². The molecule has 3 heterocycles. The summed E-state index contributed by atoms with van der Waals surface area (Å²) in [6.07, 6.45) is 5.55. The molecule has 1 atom stereocenters. The quantitative estimate of drug-likeness (QED) is 0.771. The molecule has 0 unspecified atom stereocenters. The van der Waals surface area contributed by atoms with Crippen LogP contribution in [-0.2, 0) is 11.3 Å². The van der Waals surface area contributed by atoms with Gasteiger partial charge in [-0.1, -0.05) is 30.3 Å². The van der Waals surface area contributed by atoms with Crippen molar-refractivity contribution in [3.63, 3.8) is 0 Å². The van der Waals surface area contributed by atoms with Crippen LogP contribution in [0.4, 0.5) is 5.69 Å². The summed E-state index contributed by atoms with van der Waals surface area (Å²) in [6, 6.07) is 11.9. The Morgan fingerprint density at radius 3 is 2.87 bits per heavy atom. The standard InChI is InChI=1S/C23H28N4O2S/c1-17-5-2-3-13-26(17)14-12-24-22(29)19-9-7-18(8-10-19)15-27-20-6-4-11-25-23(20)30-16-21(27)28/h4,6-11,17H,2-3,5,12-16H2,1H3,(H,24,29)/t17-/m0/s1. The number of carbonyl (C=O) groups excluding carboxylic acids is 2. The van der Waals surface area contributed by atoms with Gasteiger partial charge in [-0.3, -0.25) is 14.5 Å². The number of hydrogen-bond donors (Lipinski definition) is 1. The lowest BCUT2D eigenvalue weighted by molar-refractivity contribution is -0.116. The smallest absolute Gasteiger partial charge is 0.251 e. The van der Waals surface area contributed by atoms with Crippen LogP contribution in [0.15, 0.2) is 47.6 Å². The van der Waals surface area contributed by atoms with E-state index in [9.17, 15) is 9.59 Å². The van der Waals surface area contributed by atoms with Gasteiger partial charge in [-0.05, 0) is 56.1 Å². The zero-order chi connectivity index (χ0) is 20.9. The molecular weight excluding hydrogens is 396 g/mol. The van der Waals surface area contributed by atoms with Crippen LogP contribution in [-0.4, -0.2) is 53.1 Å². The first-order valence-corrected chi connectivity index (χ1v) is 11.6. The number of aromatic nitrogens is 1. The van der Waals surface area contributed by atoms with E-state index in [-0.39, 0.29) is 11.8 Å². The van der Waals surface area contributed by atoms with Crippen molar-refractivity contribution in [2.45, 2.75) is 43.8 Å². The predicted molar refractivity (Wildman–Crippen MR) is 120 cm³/mol. The van der Waals surface area contributed by atoms with Gasteiger partial charge in [-0.15, -0.1) is 0 Å². The number of carbonyl (C=O) groups is 2. The molecule has 1 N–H and O–H groups in total. The summed E-state index contributed by atoms with van der Waals surface area (Å²) in [5.41, 5.74) is 2.49. The van der Waals surface area contributed by atoms with E-state index in [0.717, 1.165) is 29.4 Å². The molecule has 2 aliphatic heterocycles. The topological polar surface area (TPSA) is 65.5 Å². The van der Waals surface area contributed by atoms with Gasteiger partial charge in [-0.25, -0.2) is 4.98 Å². The number of likely N-dealkylation sites (tertiary alicyclic amines) is 1. The lowest BCUT2D eigenvalue weighted by Gasteiger charge is -2.33. The summed E-state index contributed by atoms with van der Waals surface area (Å²) < 4.78 is 0. The molecule has 0 bridgehead atoms. The Labute approximate surface area is 182 Å². The van der Waals surface area contributed by atoms with Crippen molar-refractivity contribution in [3.05, 3.63) is 53.7 Å². The summed E-state index contributed by atoms with van der Waals surface area (Å²) >= 11 is 1.48. The third-order valence-corrected chi connectivity index (χ3v) is 6.84. The van der Waals surface area contributed by atoms with Crippen LogP contribution in [0.5, 0.6) is 0 Å². The molecule has 0 saturated carbocycles. The number of anilines is 1. The van der Waals surface area contributed by atoms with Crippen LogP contribution in [0.25, 0.3) is 0 Å². The van der Waals surface area contributed by atoms with Gasteiger partial charge < -0.3 is 10.2 Å². The molecule has 0 aliphatic carbocycles. The number of nitrogens with zero attached hydrogens (tertiary/aromatic N) is 3. The molecule has 0 radical (unpaired) electrons. The molecule has 1 saturated heterocycles. The van der Waals surface area contributed by atoms with Gasteiger partial charge >= 0.3 is 0 Å². The van der Waals surface area contributed by atoms with Gasteiger partial charge in [0.2, 0.25) is 5.91 Å². The number of piperidine rings is 1. The molecule has 30 heavy (non-hydrogen) atoms. The van der Waals surface area contributed by atoms with Gasteiger partial charge in [-0.2, -0.15) is 0 Å². The van der Waals surface area contributed by atoms with Gasteiger partial charge in [0.1, 0.15) is 5.03 Å². The molecule has 7 heteroatoms. The highest BCUT2D eigenvalue weighted by atomic mass is 32.2. The van der Waals surface area contributed by atoms with Crippen LogP contribution < -0.4 is 10.2 Å². The largest absolute Gasteiger partial charge is 0.351 e. The number of nitrogens with one attached hydrogen (secondary N) is 1. The second-order valence-electron chi connectivity index (χ2n) is 7.93. The Balaban J connectivity index is 1.33. The van der Waals surface area contributed by atoms with E-state index < -0.39 is 0 Å². The molecule has 1 aromatic heterocycles. The summed E-state index contributed by atoms with van der Waals surface area (Å²) in [5, 5.41) is 3.92. The zero-order valence-corrected chi connectivity index (χ0v) is 18.2. The van der Waals surface area contributed by atoms with E-state index in [4.69, 9.17) is 0 Å². The maximum atomic E-state index is 12.5. The van der Waals surface area contributed by atoms with Crippen LogP contribution in [0.3, 0.4) is 0 Å². The molecule has 0 spiro atoms. The maximum Gasteiger partial charge on any atom is 0.251 e. The monoisotopic (exact) mass is 424 g/mol. The van der Waals surface area contributed by atoms with Crippen molar-refractivity contribution in [3.8, 4) is 0 Å². The first kappa shape index (κ1) is 20.9. The van der Waals surface area contributed by atoms with Crippen LogP contribution >= 0.6 is 11.8 Å². The van der Waals surface area contributed by atoms with E-state index in [1.54, 1.807) is 11.1 Å². The fraction of sp³-hybridized carbons (Fsp3) is 0.435. The first-order chi connectivity index (χ1) is 14.6. The number of hydrogen-bond acceptors (Lipinski definition) is 5. The average Bonchev–Trinajstić information content (AvgIpc) is 2.77. The summed E-state index contributed by atoms with van der Waals surface area (Å²) in [6.45, 7) is 5.42. The van der Waals surface area contributed by atoms with Crippen molar-refractivity contribution >= 4 is 29.3 Å². The predicted octanol–water partition coefficient (Wildman–Crippen LogP) is 3.32. The lowest BCUT2D eigenvalue weighted by Crippen LogP contribution is -2.42. The minimum absolute atomic E-state index is 0.0498. The highest BCUT2D eigenvalue weighted by Gasteiger charge is 2.25. The summed E-state index contributed by atoms with van der Waals surface area (Å²) in [4.78, 5) is 33.5. The molecule has 6 nitrogen and oxygen atoms in total. The molecule has 2 aliphatic rings. The number of rotatable bonds is 6. The second kappa shape index (κ2) is 9.62. The van der Waals surface area contributed by atoms with E-state index >= 15 is 0 Å². The minimum Gasteiger partial charge on any atom is -0.351 e. The van der Waals surface area contributed by atoms with Crippen LogP contribution in [0.1, 0.15) is 42.1 Å². The fourth-order valence-corrected chi connectivity index (χ4v) is 4.94. The number of pyridine rings is 1. The number of benzene rings is 1. The molecule has 158 valence electrons. The van der Waals surface area contributed by atoms with Crippen LogP contribution in [0, 0.1) is 0 Å². The molecule has 2 aromatic rings. The normalized spacial score (nSPS) is 19.4. The molecular formula is C23H28N4O2S. The number of amides is 2. The average molecular weight is 425 g/mol. The summed E-state index contributed by atoms with van der Waals surface area (Å²) in [7, 11) is 0. The molecule has 1 aromatic carbocycles. The SMILES string of the molecule is C[C@H]1CCCCN1CCNC(=O)c1ccc(CN2C(=O)CSc3ncccc32)cc1. The Morgan fingerprint density at radius 1 is 1.23 bits per heavy atom. The Morgan fingerprint density at radius 2 is 2.07 bits per heavy atom. The third kappa shape index (κ3) is 4.84. The van der Waals surface area contributed by atoms with E-state index in [0.29, 0.717) is 30.4 Å². The highest BCUT2D eigenvalue weighted by molar-refractivity contribution is 8.00. The summed E-state index contributed by atoms with van der Waals surface area (Å²) in [5.74, 6) is 0.431. The number of thioether (sulfide) groups is 1. The maximum absolute atomic E-state index is 12.5. The fourth-order valence-electron chi connectivity index (χ4n) is 4.06. The van der Waals surface area contributed by atoms with E-state index in [2.05, 4.69) is 22.1 Å². The van der Waals surface area contributed by atoms with Crippen molar-refractivity contribution in [2.75, 3.05) is 30.3 Å². The van der Waals surface area contributed by atoms with E-state index in [1.807, 2.05) is 36.4 Å². The first-order valence-electron chi connectivity index (χ1n) is 10.6. The zero-order valence-electron chi connectivity index (χ0n) is 17.3. The van der Waals surface area contributed by atoms with Crippen LogP contribution in [0.2, 0.25) is 0 Å². The second-order valence-corrected chi connectivity index (χ2v) is 8.89. The molecule has 4 rings (SSSR count). The lowest BCUT2D eigenvalue weighted by atomic mass is 10.0.